The Morgan fingerprint density at radius 2 is 2.18 bits per heavy atom. The molecule has 1 aliphatic rings. The van der Waals surface area contributed by atoms with Crippen molar-refractivity contribution in [2.24, 2.45) is 5.92 Å². The summed E-state index contributed by atoms with van der Waals surface area (Å²) in [5, 5.41) is 0. The molecule has 1 aromatic rings. The van der Waals surface area contributed by atoms with Crippen LogP contribution in [-0.4, -0.2) is 6.61 Å². The molecule has 0 bridgehead atoms. The molecule has 2 rings (SSSR count). The molecular weight excluding hydrogens is 234 g/mol. The quantitative estimate of drug-likeness (QED) is 0.799. The van der Waals surface area contributed by atoms with Crippen LogP contribution in [0.15, 0.2) is 24.3 Å². The van der Waals surface area contributed by atoms with E-state index in [9.17, 15) is 0 Å². The SMILES string of the molecule is C[C@@H](NCl)c1cccc(OCC2CCCC2)c1. The number of rotatable bonds is 5. The molecular formula is C14H20ClNO. The standard InChI is InChI=1S/C14H20ClNO/c1-11(16-15)13-7-4-8-14(9-13)17-10-12-5-2-3-6-12/h4,7-9,11-12,16H,2-3,5-6,10H2,1H3/t11-/m1/s1. The monoisotopic (exact) mass is 253 g/mol. The molecule has 1 atom stereocenters. The molecule has 0 amide bonds. The summed E-state index contributed by atoms with van der Waals surface area (Å²) in [5.41, 5.74) is 1.16. The summed E-state index contributed by atoms with van der Waals surface area (Å²) in [6.07, 6.45) is 5.36. The predicted octanol–water partition coefficient (Wildman–Crippen LogP) is 4.06. The molecule has 0 spiro atoms. The highest BCUT2D eigenvalue weighted by Crippen LogP contribution is 2.26. The van der Waals surface area contributed by atoms with E-state index in [1.54, 1.807) is 0 Å². The van der Waals surface area contributed by atoms with Gasteiger partial charge in [-0.25, -0.2) is 4.84 Å². The zero-order valence-corrected chi connectivity index (χ0v) is 11.0. The minimum atomic E-state index is 0.145. The van der Waals surface area contributed by atoms with Gasteiger partial charge in [0, 0.05) is 6.04 Å². The average Bonchev–Trinajstić information content (AvgIpc) is 2.89. The third-order valence-electron chi connectivity index (χ3n) is 3.48. The molecule has 2 nitrogen and oxygen atoms in total. The van der Waals surface area contributed by atoms with E-state index in [4.69, 9.17) is 16.5 Å². The van der Waals surface area contributed by atoms with Gasteiger partial charge in [0.25, 0.3) is 0 Å². The molecule has 0 heterocycles. The molecule has 0 aromatic heterocycles. The maximum Gasteiger partial charge on any atom is 0.119 e. The van der Waals surface area contributed by atoms with Gasteiger partial charge in [0.15, 0.2) is 0 Å². The second-order valence-corrected chi connectivity index (χ2v) is 5.08. The number of halogens is 1. The van der Waals surface area contributed by atoms with E-state index in [1.165, 1.54) is 25.7 Å². The lowest BCUT2D eigenvalue weighted by Gasteiger charge is -2.14. The second-order valence-electron chi connectivity index (χ2n) is 4.86. The summed E-state index contributed by atoms with van der Waals surface area (Å²) in [5.74, 6) is 1.70. The van der Waals surface area contributed by atoms with Crippen molar-refractivity contribution in [2.45, 2.75) is 38.6 Å². The molecule has 1 aliphatic carbocycles. The molecule has 1 aromatic carbocycles. The van der Waals surface area contributed by atoms with E-state index in [1.807, 2.05) is 19.1 Å². The third kappa shape index (κ3) is 3.62. The fourth-order valence-corrected chi connectivity index (χ4v) is 2.45. The van der Waals surface area contributed by atoms with Crippen molar-refractivity contribution in [1.82, 2.24) is 4.84 Å². The first-order valence-electron chi connectivity index (χ1n) is 6.38. The van der Waals surface area contributed by atoms with Crippen LogP contribution in [0.2, 0.25) is 0 Å². The maximum absolute atomic E-state index is 5.85. The van der Waals surface area contributed by atoms with Gasteiger partial charge in [0.1, 0.15) is 5.75 Å². The Morgan fingerprint density at radius 1 is 1.41 bits per heavy atom. The van der Waals surface area contributed by atoms with Gasteiger partial charge < -0.3 is 4.74 Å². The van der Waals surface area contributed by atoms with Gasteiger partial charge in [-0.3, -0.25) is 0 Å². The zero-order chi connectivity index (χ0) is 12.1. The summed E-state index contributed by atoms with van der Waals surface area (Å²) >= 11 is 5.63. The number of benzene rings is 1. The van der Waals surface area contributed by atoms with Crippen LogP contribution >= 0.6 is 11.8 Å². The Kier molecular flexibility index (Phi) is 4.69. The Bertz CT molecular complexity index is 350. The van der Waals surface area contributed by atoms with Gasteiger partial charge in [0.05, 0.1) is 6.61 Å². The third-order valence-corrected chi connectivity index (χ3v) is 3.81. The summed E-state index contributed by atoms with van der Waals surface area (Å²) in [6.45, 7) is 2.88. The molecule has 0 radical (unpaired) electrons. The van der Waals surface area contributed by atoms with Gasteiger partial charge in [0.2, 0.25) is 0 Å². The van der Waals surface area contributed by atoms with E-state index in [2.05, 4.69) is 17.0 Å². The van der Waals surface area contributed by atoms with E-state index < -0.39 is 0 Å². The maximum atomic E-state index is 5.85. The summed E-state index contributed by atoms with van der Waals surface area (Å²) in [7, 11) is 0. The molecule has 1 N–H and O–H groups in total. The van der Waals surface area contributed by atoms with E-state index >= 15 is 0 Å². The van der Waals surface area contributed by atoms with Gasteiger partial charge in [-0.05, 0) is 55.2 Å². The first kappa shape index (κ1) is 12.7. The molecule has 0 unspecified atom stereocenters. The van der Waals surface area contributed by atoms with E-state index in [-0.39, 0.29) is 6.04 Å². The van der Waals surface area contributed by atoms with Crippen LogP contribution in [0.1, 0.15) is 44.2 Å². The van der Waals surface area contributed by atoms with Crippen LogP contribution in [0.3, 0.4) is 0 Å². The van der Waals surface area contributed by atoms with Gasteiger partial charge in [-0.1, -0.05) is 25.0 Å². The molecule has 0 aliphatic heterocycles. The van der Waals surface area contributed by atoms with Crippen LogP contribution < -0.4 is 9.57 Å². The molecule has 94 valence electrons. The van der Waals surface area contributed by atoms with Crippen LogP contribution in [0.25, 0.3) is 0 Å². The Hall–Kier alpha value is -0.730. The lowest BCUT2D eigenvalue weighted by atomic mass is 10.1. The minimum absolute atomic E-state index is 0.145. The number of ether oxygens (including phenoxy) is 1. The molecule has 0 saturated heterocycles. The number of hydrogen-bond donors (Lipinski definition) is 1. The Labute approximate surface area is 108 Å². The fraction of sp³-hybridized carbons (Fsp3) is 0.571. The van der Waals surface area contributed by atoms with Crippen molar-refractivity contribution in [3.8, 4) is 5.75 Å². The lowest BCUT2D eigenvalue weighted by molar-refractivity contribution is 0.252. The number of hydrogen-bond acceptors (Lipinski definition) is 2. The van der Waals surface area contributed by atoms with Gasteiger partial charge in [-0.2, -0.15) is 0 Å². The van der Waals surface area contributed by atoms with Gasteiger partial charge in [-0.15, -0.1) is 0 Å². The molecule has 1 fully saturated rings. The van der Waals surface area contributed by atoms with E-state index in [0.717, 1.165) is 23.8 Å². The molecule has 17 heavy (non-hydrogen) atoms. The Balaban J connectivity index is 1.91. The zero-order valence-electron chi connectivity index (χ0n) is 10.3. The lowest BCUT2D eigenvalue weighted by Crippen LogP contribution is -2.09. The van der Waals surface area contributed by atoms with E-state index in [0.29, 0.717) is 0 Å². The van der Waals surface area contributed by atoms with Crippen molar-refractivity contribution in [2.75, 3.05) is 6.61 Å². The van der Waals surface area contributed by atoms with Crippen molar-refractivity contribution >= 4 is 11.8 Å². The smallest absolute Gasteiger partial charge is 0.119 e. The minimum Gasteiger partial charge on any atom is -0.493 e. The van der Waals surface area contributed by atoms with Crippen LogP contribution in [0.5, 0.6) is 5.75 Å². The predicted molar refractivity (Wildman–Crippen MR) is 71.3 cm³/mol. The highest BCUT2D eigenvalue weighted by Gasteiger charge is 2.15. The van der Waals surface area contributed by atoms with Crippen molar-refractivity contribution in [3.05, 3.63) is 29.8 Å². The second kappa shape index (κ2) is 6.27. The fourth-order valence-electron chi connectivity index (χ4n) is 2.33. The topological polar surface area (TPSA) is 21.3 Å². The highest BCUT2D eigenvalue weighted by molar-refractivity contribution is 6.13. The summed E-state index contributed by atoms with van der Waals surface area (Å²) in [4.78, 5) is 2.72. The van der Waals surface area contributed by atoms with Crippen LogP contribution in [-0.2, 0) is 0 Å². The normalized spacial score (nSPS) is 18.2. The van der Waals surface area contributed by atoms with Crippen molar-refractivity contribution < 1.29 is 4.74 Å². The molecule has 1 saturated carbocycles. The summed E-state index contributed by atoms with van der Waals surface area (Å²) in [6, 6.07) is 8.30. The average molecular weight is 254 g/mol. The largest absolute Gasteiger partial charge is 0.493 e. The first-order chi connectivity index (χ1) is 8.29. The highest BCUT2D eigenvalue weighted by atomic mass is 35.5. The summed E-state index contributed by atoms with van der Waals surface area (Å²) < 4.78 is 5.85. The van der Waals surface area contributed by atoms with Crippen LogP contribution in [0.4, 0.5) is 0 Å². The first-order valence-corrected chi connectivity index (χ1v) is 6.76. The number of nitrogens with one attached hydrogen (secondary N) is 1. The van der Waals surface area contributed by atoms with Crippen LogP contribution in [0, 0.1) is 5.92 Å². The Morgan fingerprint density at radius 3 is 2.88 bits per heavy atom. The van der Waals surface area contributed by atoms with Gasteiger partial charge >= 0.3 is 0 Å². The van der Waals surface area contributed by atoms with Crippen molar-refractivity contribution in [1.29, 1.82) is 0 Å². The van der Waals surface area contributed by atoms with Crippen molar-refractivity contribution in [3.63, 3.8) is 0 Å². The molecule has 3 heteroatoms.